The SMILES string of the molecule is CN1CCC[C@H]1COc1nc2c(c(N3CCN(C(=O)OC(C)(C)C)C[C@H](F)C3)n1)CCN(c1cccc3cccc(Cl)c13)C2. The van der Waals surface area contributed by atoms with Gasteiger partial charge in [-0.25, -0.2) is 9.18 Å². The van der Waals surface area contributed by atoms with Gasteiger partial charge in [-0.1, -0.05) is 35.9 Å². The summed E-state index contributed by atoms with van der Waals surface area (Å²) in [5.74, 6) is 0.689. The van der Waals surface area contributed by atoms with Crippen molar-refractivity contribution in [3.63, 3.8) is 0 Å². The van der Waals surface area contributed by atoms with E-state index < -0.39 is 17.9 Å². The van der Waals surface area contributed by atoms with E-state index in [-0.39, 0.29) is 13.1 Å². The molecule has 236 valence electrons. The van der Waals surface area contributed by atoms with Crippen molar-refractivity contribution in [2.75, 3.05) is 62.7 Å². The van der Waals surface area contributed by atoms with E-state index in [0.717, 1.165) is 53.6 Å². The van der Waals surface area contributed by atoms with E-state index in [1.54, 1.807) is 0 Å². The van der Waals surface area contributed by atoms with Crippen LogP contribution in [-0.2, 0) is 17.7 Å². The highest BCUT2D eigenvalue weighted by Crippen LogP contribution is 2.37. The molecule has 11 heteroatoms. The number of alkyl halides is 1. The number of ether oxygens (including phenoxy) is 2. The second kappa shape index (κ2) is 12.6. The molecule has 3 aromatic rings. The van der Waals surface area contributed by atoms with E-state index in [1.165, 1.54) is 4.90 Å². The number of aromatic nitrogens is 2. The van der Waals surface area contributed by atoms with Crippen LogP contribution in [0.25, 0.3) is 10.8 Å². The first kappa shape index (κ1) is 30.6. The number of carbonyl (C=O) groups excluding carboxylic acids is 1. The summed E-state index contributed by atoms with van der Waals surface area (Å²) in [6.45, 7) is 9.13. The lowest BCUT2D eigenvalue weighted by atomic mass is 10.0. The summed E-state index contributed by atoms with van der Waals surface area (Å²) < 4.78 is 27.2. The minimum atomic E-state index is -1.26. The summed E-state index contributed by atoms with van der Waals surface area (Å²) in [6.07, 6.45) is 1.13. The molecule has 0 saturated carbocycles. The molecule has 1 amide bonds. The fraction of sp³-hybridized carbons (Fsp3) is 0.545. The number of rotatable bonds is 5. The van der Waals surface area contributed by atoms with Crippen LogP contribution in [0.5, 0.6) is 6.01 Å². The molecule has 0 radical (unpaired) electrons. The van der Waals surface area contributed by atoms with E-state index >= 15 is 4.39 Å². The average molecular weight is 625 g/mol. The van der Waals surface area contributed by atoms with Crippen molar-refractivity contribution in [3.8, 4) is 6.01 Å². The van der Waals surface area contributed by atoms with Gasteiger partial charge in [-0.05, 0) is 71.1 Å². The third-order valence-corrected chi connectivity index (χ3v) is 9.01. The molecule has 1 aromatic heterocycles. The molecule has 3 aliphatic rings. The van der Waals surface area contributed by atoms with Crippen LogP contribution in [0.15, 0.2) is 36.4 Å². The maximum Gasteiger partial charge on any atom is 0.410 e. The number of likely N-dealkylation sites (tertiary alicyclic amines) is 1. The Bertz CT molecular complexity index is 1510. The largest absolute Gasteiger partial charge is 0.462 e. The minimum Gasteiger partial charge on any atom is -0.462 e. The molecule has 2 fully saturated rings. The van der Waals surface area contributed by atoms with E-state index in [2.05, 4.69) is 41.1 Å². The Labute approximate surface area is 263 Å². The number of fused-ring (bicyclic) bond motifs is 2. The second-order valence-corrected chi connectivity index (χ2v) is 13.5. The summed E-state index contributed by atoms with van der Waals surface area (Å²) in [6, 6.07) is 12.8. The van der Waals surface area contributed by atoms with Gasteiger partial charge >= 0.3 is 12.1 Å². The molecule has 0 spiro atoms. The summed E-state index contributed by atoms with van der Waals surface area (Å²) in [4.78, 5) is 30.7. The number of hydrogen-bond acceptors (Lipinski definition) is 8. The molecule has 2 saturated heterocycles. The van der Waals surface area contributed by atoms with Gasteiger partial charge in [0.1, 0.15) is 24.2 Å². The van der Waals surface area contributed by atoms with E-state index in [9.17, 15) is 4.79 Å². The van der Waals surface area contributed by atoms with Gasteiger partial charge < -0.3 is 29.1 Å². The standard InChI is InChI=1S/C33H42ClFN6O3/c1-33(2,3)44-32(42)41-17-16-40(18-23(35)19-41)30-25-13-15-39(28-12-6-9-22-8-5-11-26(34)29(22)28)20-27(25)36-31(37-30)43-21-24-10-7-14-38(24)4/h5-6,8-9,11-12,23-24H,7,10,13-21H2,1-4H3/t23-,24+/m1/s1. The summed E-state index contributed by atoms with van der Waals surface area (Å²) in [5.41, 5.74) is 2.26. The number of nitrogens with zero attached hydrogens (tertiary/aromatic N) is 6. The predicted octanol–water partition coefficient (Wildman–Crippen LogP) is 5.71. The number of likely N-dealkylation sites (N-methyl/N-ethyl adjacent to an activating group) is 1. The number of benzene rings is 2. The zero-order chi connectivity index (χ0) is 31.0. The van der Waals surface area contributed by atoms with Gasteiger partial charge in [-0.3, -0.25) is 0 Å². The molecule has 6 rings (SSSR count). The van der Waals surface area contributed by atoms with Crippen molar-refractivity contribution in [1.82, 2.24) is 19.8 Å². The molecule has 0 bridgehead atoms. The van der Waals surface area contributed by atoms with E-state index in [1.807, 2.05) is 37.8 Å². The lowest BCUT2D eigenvalue weighted by Crippen LogP contribution is -2.40. The third-order valence-electron chi connectivity index (χ3n) is 8.70. The lowest BCUT2D eigenvalue weighted by Gasteiger charge is -2.34. The van der Waals surface area contributed by atoms with Crippen molar-refractivity contribution in [3.05, 3.63) is 52.7 Å². The molecule has 44 heavy (non-hydrogen) atoms. The minimum absolute atomic E-state index is 0.0221. The van der Waals surface area contributed by atoms with Gasteiger partial charge in [-0.15, -0.1) is 0 Å². The van der Waals surface area contributed by atoms with Crippen LogP contribution in [0, 0.1) is 0 Å². The van der Waals surface area contributed by atoms with Gasteiger partial charge in [0.25, 0.3) is 0 Å². The molecule has 3 aliphatic heterocycles. The Hall–Kier alpha value is -3.37. The second-order valence-electron chi connectivity index (χ2n) is 13.1. The zero-order valence-corrected chi connectivity index (χ0v) is 26.8. The van der Waals surface area contributed by atoms with Crippen LogP contribution in [-0.4, -0.2) is 96.6 Å². The topological polar surface area (TPSA) is 74.3 Å². The first-order valence-corrected chi connectivity index (χ1v) is 16.0. The number of hydrogen-bond donors (Lipinski definition) is 0. The average Bonchev–Trinajstić information content (AvgIpc) is 3.28. The van der Waals surface area contributed by atoms with Gasteiger partial charge in [-0.2, -0.15) is 9.97 Å². The van der Waals surface area contributed by atoms with Crippen molar-refractivity contribution in [2.45, 2.75) is 64.4 Å². The van der Waals surface area contributed by atoms with Gasteiger partial charge in [0, 0.05) is 42.3 Å². The summed E-state index contributed by atoms with van der Waals surface area (Å²) in [7, 11) is 2.11. The van der Waals surface area contributed by atoms with Crippen molar-refractivity contribution < 1.29 is 18.7 Å². The molecule has 0 N–H and O–H groups in total. The fourth-order valence-corrected chi connectivity index (χ4v) is 6.74. The number of carbonyl (C=O) groups is 1. The number of amides is 1. The Kier molecular flexibility index (Phi) is 8.75. The van der Waals surface area contributed by atoms with Crippen LogP contribution in [0.1, 0.15) is 44.9 Å². The number of halogens is 2. The molecular formula is C33H42ClFN6O3. The molecule has 0 aliphatic carbocycles. The third kappa shape index (κ3) is 6.66. The Balaban J connectivity index is 1.31. The van der Waals surface area contributed by atoms with Crippen molar-refractivity contribution >= 4 is 40.0 Å². The highest BCUT2D eigenvalue weighted by Gasteiger charge is 2.33. The maximum atomic E-state index is 15.4. The Morgan fingerprint density at radius 3 is 2.59 bits per heavy atom. The van der Waals surface area contributed by atoms with Crippen LogP contribution < -0.4 is 14.5 Å². The van der Waals surface area contributed by atoms with E-state index in [0.29, 0.717) is 55.6 Å². The zero-order valence-electron chi connectivity index (χ0n) is 26.1. The molecule has 4 heterocycles. The molecular weight excluding hydrogens is 583 g/mol. The first-order valence-electron chi connectivity index (χ1n) is 15.6. The molecule has 2 aromatic carbocycles. The normalized spacial score (nSPS) is 21.4. The monoisotopic (exact) mass is 624 g/mol. The Morgan fingerprint density at radius 2 is 1.84 bits per heavy atom. The van der Waals surface area contributed by atoms with Crippen LogP contribution >= 0.6 is 11.6 Å². The smallest absolute Gasteiger partial charge is 0.410 e. The molecule has 2 atom stereocenters. The van der Waals surface area contributed by atoms with Crippen LogP contribution in [0.3, 0.4) is 0 Å². The summed E-state index contributed by atoms with van der Waals surface area (Å²) >= 11 is 6.69. The highest BCUT2D eigenvalue weighted by molar-refractivity contribution is 6.36. The predicted molar refractivity (Wildman–Crippen MR) is 172 cm³/mol. The maximum absolute atomic E-state index is 15.4. The first-order chi connectivity index (χ1) is 21.1. The molecule has 9 nitrogen and oxygen atoms in total. The summed E-state index contributed by atoms with van der Waals surface area (Å²) in [5, 5.41) is 2.82. The number of anilines is 2. The van der Waals surface area contributed by atoms with Gasteiger partial charge in [0.2, 0.25) is 0 Å². The Morgan fingerprint density at radius 1 is 1.05 bits per heavy atom. The van der Waals surface area contributed by atoms with Gasteiger partial charge in [0.05, 0.1) is 30.4 Å². The van der Waals surface area contributed by atoms with Crippen molar-refractivity contribution in [2.24, 2.45) is 0 Å². The fourth-order valence-electron chi connectivity index (χ4n) is 6.47. The van der Waals surface area contributed by atoms with Crippen LogP contribution in [0.2, 0.25) is 5.02 Å². The molecule has 0 unspecified atom stereocenters. The van der Waals surface area contributed by atoms with E-state index in [4.69, 9.17) is 31.0 Å². The van der Waals surface area contributed by atoms with Gasteiger partial charge in [0.15, 0.2) is 0 Å². The van der Waals surface area contributed by atoms with Crippen molar-refractivity contribution in [1.29, 1.82) is 0 Å². The van der Waals surface area contributed by atoms with Crippen LogP contribution in [0.4, 0.5) is 20.7 Å². The lowest BCUT2D eigenvalue weighted by molar-refractivity contribution is 0.0229. The highest BCUT2D eigenvalue weighted by atomic mass is 35.5. The quantitative estimate of drug-likeness (QED) is 0.357.